The summed E-state index contributed by atoms with van der Waals surface area (Å²) < 4.78 is 44.5. The number of carbonyl (C=O) groups is 3. The first-order chi connectivity index (χ1) is 28.8. The van der Waals surface area contributed by atoms with Crippen LogP contribution in [0.5, 0.6) is 17.2 Å². The van der Waals surface area contributed by atoms with E-state index >= 15 is 0 Å². The number of aromatic nitrogens is 1. The van der Waals surface area contributed by atoms with E-state index in [1.807, 2.05) is 92.7 Å². The molecule has 12 heteroatoms. The number of pyridine rings is 1. The first-order valence-corrected chi connectivity index (χ1v) is 20.8. The number of nitrogens with zero attached hydrogens (tertiary/aromatic N) is 2. The standard InChI is InChI=1S/C45H42FN2O8P.C2H6/c1-4-52-45(51)31(2)55-57(56-36-19-12-7-13-20-36)28-27-53-42-37-21-14-26-47-40(37)43(54-41(33-15-8-5-9-16-33)34-17-10-6-11-18-34)39(38(42)30-49)44(50)48(3)29-32-22-24-35(46)25-23-32;1-2/h5-26,30-31,41H,4,27-29H2,1-3H3;1-2H3. The Labute approximate surface area is 345 Å². The summed E-state index contributed by atoms with van der Waals surface area (Å²) in [6, 6.07) is 37.4. The van der Waals surface area contributed by atoms with Crippen LogP contribution in [-0.4, -0.2) is 60.6 Å². The fourth-order valence-electron chi connectivity index (χ4n) is 6.11. The van der Waals surface area contributed by atoms with Gasteiger partial charge in [0.25, 0.3) is 5.91 Å². The first kappa shape index (κ1) is 44.0. The molecule has 5 aromatic carbocycles. The van der Waals surface area contributed by atoms with Crippen LogP contribution in [0.3, 0.4) is 0 Å². The Balaban J connectivity index is 0.00000326. The third-order valence-electron chi connectivity index (χ3n) is 8.83. The molecule has 10 nitrogen and oxygen atoms in total. The lowest BCUT2D eigenvalue weighted by molar-refractivity contribution is -0.150. The van der Waals surface area contributed by atoms with Gasteiger partial charge < -0.3 is 28.2 Å². The van der Waals surface area contributed by atoms with Crippen molar-refractivity contribution in [1.29, 1.82) is 0 Å². The van der Waals surface area contributed by atoms with Crippen LogP contribution in [0.1, 0.15) is 71.2 Å². The molecular weight excluding hydrogens is 770 g/mol. The van der Waals surface area contributed by atoms with Crippen molar-refractivity contribution in [3.63, 3.8) is 0 Å². The Hall–Kier alpha value is -6.16. The van der Waals surface area contributed by atoms with Gasteiger partial charge in [0.05, 0.1) is 30.5 Å². The van der Waals surface area contributed by atoms with Gasteiger partial charge in [0, 0.05) is 25.2 Å². The number of para-hydroxylation sites is 1. The van der Waals surface area contributed by atoms with Gasteiger partial charge in [0.15, 0.2) is 18.1 Å². The van der Waals surface area contributed by atoms with E-state index in [0.717, 1.165) is 11.1 Å². The van der Waals surface area contributed by atoms with Gasteiger partial charge in [0.2, 0.25) is 8.38 Å². The van der Waals surface area contributed by atoms with Gasteiger partial charge in [0.1, 0.15) is 28.9 Å². The molecule has 0 radical (unpaired) electrons. The van der Waals surface area contributed by atoms with Crippen LogP contribution in [0, 0.1) is 5.82 Å². The summed E-state index contributed by atoms with van der Waals surface area (Å²) in [4.78, 5) is 46.7. The third kappa shape index (κ3) is 11.5. The van der Waals surface area contributed by atoms with Crippen molar-refractivity contribution in [2.24, 2.45) is 0 Å². The summed E-state index contributed by atoms with van der Waals surface area (Å²) in [5.41, 5.74) is 2.49. The normalized spacial score (nSPS) is 11.8. The zero-order chi connectivity index (χ0) is 42.1. The topological polar surface area (TPSA) is 113 Å². The molecular formula is C47H48FN2O8P. The smallest absolute Gasteiger partial charge is 0.335 e. The first-order valence-electron chi connectivity index (χ1n) is 19.4. The number of benzene rings is 5. The Morgan fingerprint density at radius 3 is 2.03 bits per heavy atom. The summed E-state index contributed by atoms with van der Waals surface area (Å²) in [6.45, 7) is 7.56. The second-order valence-corrected chi connectivity index (χ2v) is 14.4. The number of aldehydes is 1. The van der Waals surface area contributed by atoms with Crippen LogP contribution >= 0.6 is 8.38 Å². The molecule has 0 saturated carbocycles. The minimum atomic E-state index is -1.76. The minimum Gasteiger partial charge on any atom is -0.492 e. The van der Waals surface area contributed by atoms with E-state index in [4.69, 9.17) is 28.2 Å². The van der Waals surface area contributed by atoms with Crippen LogP contribution in [0.2, 0.25) is 0 Å². The Morgan fingerprint density at radius 1 is 0.831 bits per heavy atom. The van der Waals surface area contributed by atoms with Crippen LogP contribution in [0.4, 0.5) is 4.39 Å². The summed E-state index contributed by atoms with van der Waals surface area (Å²) in [6.07, 6.45) is 0.707. The molecule has 0 aliphatic carbocycles. The maximum absolute atomic E-state index is 14.7. The fraction of sp³-hybridized carbons (Fsp3) is 0.234. The molecule has 0 saturated heterocycles. The Kier molecular flexibility index (Phi) is 16.5. The van der Waals surface area contributed by atoms with Crippen molar-refractivity contribution in [3.8, 4) is 17.2 Å². The zero-order valence-corrected chi connectivity index (χ0v) is 34.6. The predicted molar refractivity (Wildman–Crippen MR) is 228 cm³/mol. The molecule has 2 atom stereocenters. The van der Waals surface area contributed by atoms with Crippen LogP contribution in [-0.2, 0) is 20.6 Å². The summed E-state index contributed by atoms with van der Waals surface area (Å²) in [5.74, 6) is -0.739. The average Bonchev–Trinajstić information content (AvgIpc) is 3.27. The number of amides is 1. The van der Waals surface area contributed by atoms with E-state index in [1.54, 1.807) is 63.5 Å². The molecule has 6 rings (SSSR count). The van der Waals surface area contributed by atoms with E-state index in [-0.39, 0.29) is 48.5 Å². The number of rotatable bonds is 18. The number of hydrogen-bond acceptors (Lipinski definition) is 9. The van der Waals surface area contributed by atoms with Crippen molar-refractivity contribution in [2.45, 2.75) is 46.4 Å². The van der Waals surface area contributed by atoms with Gasteiger partial charge in [-0.05, 0) is 66.9 Å². The summed E-state index contributed by atoms with van der Waals surface area (Å²) in [5, 5.41) is 0.432. The SMILES string of the molecule is CC.CCOC(=O)C(C)OP(CCOc1c(C=O)c(C(=O)N(C)Cc2ccc(F)cc2)c(OC(c2ccccc2)c2ccccc2)c2ncccc12)Oc1ccccc1. The Bertz CT molecular complexity index is 2220. The van der Waals surface area contributed by atoms with Crippen LogP contribution < -0.4 is 14.0 Å². The van der Waals surface area contributed by atoms with Crippen molar-refractivity contribution in [1.82, 2.24) is 9.88 Å². The highest BCUT2D eigenvalue weighted by Gasteiger charge is 2.32. The molecule has 306 valence electrons. The highest BCUT2D eigenvalue weighted by Crippen LogP contribution is 2.44. The minimum absolute atomic E-state index is 0.0329. The molecule has 0 spiro atoms. The van der Waals surface area contributed by atoms with Crippen molar-refractivity contribution < 1.29 is 42.0 Å². The number of halogens is 1. The number of ether oxygens (including phenoxy) is 3. The lowest BCUT2D eigenvalue weighted by Crippen LogP contribution is -2.28. The molecule has 1 aromatic heterocycles. The van der Waals surface area contributed by atoms with Crippen LogP contribution in [0.25, 0.3) is 10.9 Å². The zero-order valence-electron chi connectivity index (χ0n) is 33.7. The quantitative estimate of drug-likeness (QED) is 0.0475. The van der Waals surface area contributed by atoms with E-state index in [2.05, 4.69) is 0 Å². The van der Waals surface area contributed by atoms with E-state index < -0.39 is 38.3 Å². The van der Waals surface area contributed by atoms with Gasteiger partial charge in [-0.3, -0.25) is 14.6 Å². The van der Waals surface area contributed by atoms with E-state index in [0.29, 0.717) is 28.5 Å². The highest BCUT2D eigenvalue weighted by molar-refractivity contribution is 7.47. The predicted octanol–water partition coefficient (Wildman–Crippen LogP) is 10.4. The monoisotopic (exact) mass is 818 g/mol. The molecule has 1 amide bonds. The van der Waals surface area contributed by atoms with Crippen molar-refractivity contribution in [2.75, 3.05) is 26.4 Å². The lowest BCUT2D eigenvalue weighted by Gasteiger charge is -2.27. The van der Waals surface area contributed by atoms with Gasteiger partial charge in [-0.15, -0.1) is 0 Å². The second-order valence-electron chi connectivity index (χ2n) is 12.9. The van der Waals surface area contributed by atoms with Gasteiger partial charge in [-0.1, -0.05) is 105 Å². The molecule has 0 fully saturated rings. The molecule has 0 bridgehead atoms. The van der Waals surface area contributed by atoms with Crippen LogP contribution in [0.15, 0.2) is 134 Å². The molecule has 59 heavy (non-hydrogen) atoms. The summed E-state index contributed by atoms with van der Waals surface area (Å²) in [7, 11) is -0.167. The second kappa shape index (κ2) is 22.1. The largest absolute Gasteiger partial charge is 0.492 e. The fourth-order valence-corrected chi connectivity index (χ4v) is 7.39. The molecule has 1 heterocycles. The van der Waals surface area contributed by atoms with Crippen molar-refractivity contribution in [3.05, 3.63) is 167 Å². The maximum Gasteiger partial charge on any atom is 0.335 e. The molecule has 2 unspecified atom stereocenters. The highest BCUT2D eigenvalue weighted by atomic mass is 31.2. The van der Waals surface area contributed by atoms with Gasteiger partial charge in [-0.25, -0.2) is 9.18 Å². The average molecular weight is 819 g/mol. The number of esters is 1. The van der Waals surface area contributed by atoms with E-state index in [1.165, 1.54) is 17.0 Å². The summed E-state index contributed by atoms with van der Waals surface area (Å²) >= 11 is 0. The van der Waals surface area contributed by atoms with E-state index in [9.17, 15) is 18.8 Å². The maximum atomic E-state index is 14.7. The lowest BCUT2D eigenvalue weighted by atomic mass is 9.98. The number of fused-ring (bicyclic) bond motifs is 1. The Morgan fingerprint density at radius 2 is 1.44 bits per heavy atom. The molecule has 0 aliphatic heterocycles. The van der Waals surface area contributed by atoms with Gasteiger partial charge in [-0.2, -0.15) is 0 Å². The van der Waals surface area contributed by atoms with Gasteiger partial charge >= 0.3 is 5.97 Å². The molecule has 6 aromatic rings. The molecule has 0 N–H and O–H groups in total. The third-order valence-corrected chi connectivity index (χ3v) is 10.3. The number of carbonyl (C=O) groups excluding carboxylic acids is 3. The van der Waals surface area contributed by atoms with Crippen molar-refractivity contribution >= 4 is 37.4 Å². The molecule has 0 aliphatic rings. The number of hydrogen-bond donors (Lipinski definition) is 0.